The van der Waals surface area contributed by atoms with Crippen LogP contribution in [0.5, 0.6) is 5.75 Å². The fraction of sp³-hybridized carbons (Fsp3) is 0.238. The minimum absolute atomic E-state index is 0.0519. The number of ether oxygens (including phenoxy) is 1. The molecule has 2 aromatic carbocycles. The smallest absolute Gasteiger partial charge is 0.240 e. The lowest BCUT2D eigenvalue weighted by Gasteiger charge is -2.14. The van der Waals surface area contributed by atoms with E-state index in [2.05, 4.69) is 31.5 Å². The van der Waals surface area contributed by atoms with Crippen molar-refractivity contribution in [1.29, 1.82) is 0 Å². The molecule has 5 nitrogen and oxygen atoms in total. The van der Waals surface area contributed by atoms with Gasteiger partial charge in [-0.05, 0) is 43.7 Å². The lowest BCUT2D eigenvalue weighted by atomic mass is 10.1. The third kappa shape index (κ3) is 5.64. The van der Waals surface area contributed by atoms with Crippen LogP contribution in [0.15, 0.2) is 58.4 Å². The van der Waals surface area contributed by atoms with Crippen LogP contribution >= 0.6 is 27.3 Å². The van der Waals surface area contributed by atoms with Crippen LogP contribution in [0.1, 0.15) is 25.5 Å². The van der Waals surface area contributed by atoms with Gasteiger partial charge in [0.1, 0.15) is 5.75 Å². The van der Waals surface area contributed by atoms with Crippen molar-refractivity contribution in [3.63, 3.8) is 0 Å². The Bertz CT molecular complexity index is 910. The van der Waals surface area contributed by atoms with Crippen molar-refractivity contribution in [3.05, 3.63) is 63.9 Å². The number of hydrogen-bond donors (Lipinski definition) is 2. The van der Waals surface area contributed by atoms with E-state index in [0.717, 1.165) is 27.0 Å². The molecular formula is C21H22BrN3O2S. The second kappa shape index (κ2) is 9.82. The number of thiazole rings is 1. The maximum atomic E-state index is 12.2. The SMILES string of the molecule is CCOc1ccc([C@H](C)NCC(=O)Nc2nc(-c3ccc(Br)cc3)cs2)cc1. The number of amides is 1. The zero-order valence-electron chi connectivity index (χ0n) is 15.7. The van der Waals surface area contributed by atoms with Gasteiger partial charge in [0, 0.05) is 21.5 Å². The van der Waals surface area contributed by atoms with E-state index in [9.17, 15) is 4.79 Å². The van der Waals surface area contributed by atoms with Gasteiger partial charge in [0.05, 0.1) is 18.8 Å². The van der Waals surface area contributed by atoms with Gasteiger partial charge in [0.15, 0.2) is 5.13 Å². The molecule has 0 aliphatic carbocycles. The molecule has 2 N–H and O–H groups in total. The lowest BCUT2D eigenvalue weighted by molar-refractivity contribution is -0.115. The summed E-state index contributed by atoms with van der Waals surface area (Å²) in [5.74, 6) is 0.732. The molecule has 0 aliphatic rings. The molecule has 3 rings (SSSR count). The Labute approximate surface area is 177 Å². The van der Waals surface area contributed by atoms with E-state index in [4.69, 9.17) is 4.74 Å². The van der Waals surface area contributed by atoms with Crippen LogP contribution in [0.25, 0.3) is 11.3 Å². The second-order valence-electron chi connectivity index (χ2n) is 6.20. The monoisotopic (exact) mass is 459 g/mol. The second-order valence-corrected chi connectivity index (χ2v) is 7.97. The van der Waals surface area contributed by atoms with E-state index in [1.54, 1.807) is 0 Å². The van der Waals surface area contributed by atoms with Gasteiger partial charge in [0.2, 0.25) is 5.91 Å². The fourth-order valence-corrected chi connectivity index (χ4v) is 3.63. The van der Waals surface area contributed by atoms with Crippen molar-refractivity contribution >= 4 is 38.3 Å². The van der Waals surface area contributed by atoms with Crippen molar-refractivity contribution in [2.75, 3.05) is 18.5 Å². The number of anilines is 1. The molecule has 0 saturated heterocycles. The van der Waals surface area contributed by atoms with Gasteiger partial charge < -0.3 is 15.4 Å². The minimum Gasteiger partial charge on any atom is -0.494 e. The summed E-state index contributed by atoms with van der Waals surface area (Å²) < 4.78 is 6.47. The molecule has 146 valence electrons. The number of carbonyl (C=O) groups is 1. The zero-order chi connectivity index (χ0) is 19.9. The van der Waals surface area contributed by atoms with Gasteiger partial charge in [0.25, 0.3) is 0 Å². The number of rotatable bonds is 8. The summed E-state index contributed by atoms with van der Waals surface area (Å²) in [6.07, 6.45) is 0. The number of hydrogen-bond acceptors (Lipinski definition) is 5. The van der Waals surface area contributed by atoms with Gasteiger partial charge in [-0.1, -0.05) is 40.2 Å². The van der Waals surface area contributed by atoms with E-state index < -0.39 is 0 Å². The van der Waals surface area contributed by atoms with Crippen molar-refractivity contribution in [2.24, 2.45) is 0 Å². The van der Waals surface area contributed by atoms with E-state index in [-0.39, 0.29) is 18.5 Å². The number of halogens is 1. The molecule has 7 heteroatoms. The van der Waals surface area contributed by atoms with Crippen LogP contribution in [0.3, 0.4) is 0 Å². The molecule has 28 heavy (non-hydrogen) atoms. The van der Waals surface area contributed by atoms with Crippen LogP contribution < -0.4 is 15.4 Å². The third-order valence-electron chi connectivity index (χ3n) is 4.15. The number of nitrogens with one attached hydrogen (secondary N) is 2. The van der Waals surface area contributed by atoms with Crippen molar-refractivity contribution in [1.82, 2.24) is 10.3 Å². The fourth-order valence-electron chi connectivity index (χ4n) is 2.63. The van der Waals surface area contributed by atoms with E-state index in [1.165, 1.54) is 11.3 Å². The van der Waals surface area contributed by atoms with Crippen LogP contribution in [-0.4, -0.2) is 24.0 Å². The average molecular weight is 460 g/mol. The maximum absolute atomic E-state index is 12.2. The van der Waals surface area contributed by atoms with Crippen LogP contribution in [0, 0.1) is 0 Å². The summed E-state index contributed by atoms with van der Waals surface area (Å²) in [6.45, 7) is 4.84. The Morgan fingerprint density at radius 3 is 2.57 bits per heavy atom. The summed E-state index contributed by atoms with van der Waals surface area (Å²) >= 11 is 4.84. The number of aromatic nitrogens is 1. The molecule has 1 heterocycles. The highest BCUT2D eigenvalue weighted by atomic mass is 79.9. The number of benzene rings is 2. The molecule has 1 aromatic heterocycles. The molecule has 0 spiro atoms. The highest BCUT2D eigenvalue weighted by Gasteiger charge is 2.11. The first-order valence-corrected chi connectivity index (χ1v) is 10.7. The Morgan fingerprint density at radius 2 is 1.89 bits per heavy atom. The number of carbonyl (C=O) groups excluding carboxylic acids is 1. The van der Waals surface area contributed by atoms with Crippen molar-refractivity contribution in [3.8, 4) is 17.0 Å². The summed E-state index contributed by atoms with van der Waals surface area (Å²) in [6, 6.07) is 15.9. The summed E-state index contributed by atoms with van der Waals surface area (Å²) in [4.78, 5) is 16.7. The normalized spacial score (nSPS) is 11.8. The maximum Gasteiger partial charge on any atom is 0.240 e. The minimum atomic E-state index is -0.116. The van der Waals surface area contributed by atoms with Gasteiger partial charge in [-0.2, -0.15) is 0 Å². The molecular weight excluding hydrogens is 438 g/mol. The van der Waals surface area contributed by atoms with Crippen molar-refractivity contribution < 1.29 is 9.53 Å². The van der Waals surface area contributed by atoms with E-state index in [0.29, 0.717) is 11.7 Å². The topological polar surface area (TPSA) is 63.2 Å². The van der Waals surface area contributed by atoms with Crippen LogP contribution in [-0.2, 0) is 4.79 Å². The average Bonchev–Trinajstić information content (AvgIpc) is 3.16. The highest BCUT2D eigenvalue weighted by molar-refractivity contribution is 9.10. The summed E-state index contributed by atoms with van der Waals surface area (Å²) in [7, 11) is 0. The molecule has 0 radical (unpaired) electrons. The summed E-state index contributed by atoms with van der Waals surface area (Å²) in [5.41, 5.74) is 2.97. The van der Waals surface area contributed by atoms with E-state index >= 15 is 0 Å². The first-order valence-electron chi connectivity index (χ1n) is 9.02. The molecule has 1 amide bonds. The molecule has 1 atom stereocenters. The summed E-state index contributed by atoms with van der Waals surface area (Å²) in [5, 5.41) is 8.62. The Kier molecular flexibility index (Phi) is 7.19. The molecule has 0 fully saturated rings. The first-order chi connectivity index (χ1) is 13.5. The first kappa shape index (κ1) is 20.5. The molecule has 0 bridgehead atoms. The lowest BCUT2D eigenvalue weighted by Crippen LogP contribution is -2.30. The number of nitrogens with zero attached hydrogens (tertiary/aromatic N) is 1. The third-order valence-corrected chi connectivity index (χ3v) is 5.44. The van der Waals surface area contributed by atoms with Gasteiger partial charge in [-0.25, -0.2) is 4.98 Å². The van der Waals surface area contributed by atoms with E-state index in [1.807, 2.05) is 67.8 Å². The highest BCUT2D eigenvalue weighted by Crippen LogP contribution is 2.26. The van der Waals surface area contributed by atoms with Crippen LogP contribution in [0.4, 0.5) is 5.13 Å². The Balaban J connectivity index is 1.51. The molecule has 0 saturated carbocycles. The predicted octanol–water partition coefficient (Wildman–Crippen LogP) is 5.26. The molecule has 0 unspecified atom stereocenters. The quantitative estimate of drug-likeness (QED) is 0.482. The van der Waals surface area contributed by atoms with Crippen LogP contribution in [0.2, 0.25) is 0 Å². The van der Waals surface area contributed by atoms with Gasteiger partial charge in [-0.3, -0.25) is 4.79 Å². The zero-order valence-corrected chi connectivity index (χ0v) is 18.1. The Hall–Kier alpha value is -2.22. The Morgan fingerprint density at radius 1 is 1.18 bits per heavy atom. The van der Waals surface area contributed by atoms with Gasteiger partial charge in [-0.15, -0.1) is 11.3 Å². The largest absolute Gasteiger partial charge is 0.494 e. The molecule has 0 aliphatic heterocycles. The standard InChI is InChI=1S/C21H22BrN3O2S/c1-3-27-18-10-6-15(7-11-18)14(2)23-12-20(26)25-21-24-19(13-28-21)16-4-8-17(22)9-5-16/h4-11,13-14,23H,3,12H2,1-2H3,(H,24,25,26)/t14-/m0/s1. The van der Waals surface area contributed by atoms with Gasteiger partial charge >= 0.3 is 0 Å². The molecule has 3 aromatic rings. The van der Waals surface area contributed by atoms with Crippen molar-refractivity contribution in [2.45, 2.75) is 19.9 Å². The predicted molar refractivity (Wildman–Crippen MR) is 118 cm³/mol.